The lowest BCUT2D eigenvalue weighted by Gasteiger charge is -2.13. The zero-order valence-electron chi connectivity index (χ0n) is 14.6. The molecule has 3 rings (SSSR count). The molecule has 0 atom stereocenters. The van der Waals surface area contributed by atoms with Crippen molar-refractivity contribution in [1.29, 1.82) is 0 Å². The second-order valence-corrected chi connectivity index (χ2v) is 6.13. The topological polar surface area (TPSA) is 86.6 Å². The van der Waals surface area contributed by atoms with Gasteiger partial charge in [0.1, 0.15) is 11.5 Å². The molecule has 1 amide bonds. The smallest absolute Gasteiger partial charge is 0.296 e. The Balaban J connectivity index is 1.81. The number of carbonyl (C=O) groups is 2. The lowest BCUT2D eigenvalue weighted by molar-refractivity contribution is -0.112. The average molecular weight is 361 g/mol. The highest BCUT2D eigenvalue weighted by Crippen LogP contribution is 2.33. The molecular weight excluding hydrogens is 342 g/mol. The van der Waals surface area contributed by atoms with E-state index < -0.39 is 11.7 Å². The predicted octanol–water partition coefficient (Wildman–Crippen LogP) is 3.70. The molecule has 0 saturated carbocycles. The molecule has 0 saturated heterocycles. The van der Waals surface area contributed by atoms with Gasteiger partial charge in [-0.25, -0.2) is 0 Å². The Morgan fingerprint density at radius 3 is 2.11 bits per heavy atom. The molecule has 0 radical (unpaired) electrons. The number of phenolic OH excluding ortho intramolecular Hbond substituents is 2. The minimum atomic E-state index is -0.844. The number of phenols is 2. The van der Waals surface area contributed by atoms with Crippen molar-refractivity contribution in [3.05, 3.63) is 89.5 Å². The van der Waals surface area contributed by atoms with Crippen molar-refractivity contribution in [2.24, 2.45) is 0 Å². The van der Waals surface area contributed by atoms with Crippen LogP contribution in [0.25, 0.3) is 0 Å². The van der Waals surface area contributed by atoms with Crippen LogP contribution in [0, 0.1) is 0 Å². The van der Waals surface area contributed by atoms with E-state index in [1.165, 1.54) is 6.07 Å². The van der Waals surface area contributed by atoms with Crippen LogP contribution in [-0.2, 0) is 17.6 Å². The predicted molar refractivity (Wildman–Crippen MR) is 103 cm³/mol. The van der Waals surface area contributed by atoms with Crippen LogP contribution in [0.5, 0.6) is 11.5 Å². The van der Waals surface area contributed by atoms with Crippen LogP contribution in [-0.4, -0.2) is 21.9 Å². The third kappa shape index (κ3) is 4.52. The molecule has 3 aromatic rings. The number of aryl methyl sites for hydroxylation is 2. The summed E-state index contributed by atoms with van der Waals surface area (Å²) in [5.41, 5.74) is 2.03. The number of anilines is 1. The minimum Gasteiger partial charge on any atom is -0.508 e. The van der Waals surface area contributed by atoms with Gasteiger partial charge in [-0.1, -0.05) is 60.7 Å². The third-order valence-corrected chi connectivity index (χ3v) is 4.19. The molecule has 136 valence electrons. The van der Waals surface area contributed by atoms with Gasteiger partial charge >= 0.3 is 0 Å². The Bertz CT molecular complexity index is 953. The van der Waals surface area contributed by atoms with E-state index in [0.29, 0.717) is 18.4 Å². The van der Waals surface area contributed by atoms with Gasteiger partial charge in [0.15, 0.2) is 0 Å². The van der Waals surface area contributed by atoms with Crippen LogP contribution < -0.4 is 5.32 Å². The minimum absolute atomic E-state index is 0.108. The summed E-state index contributed by atoms with van der Waals surface area (Å²) in [7, 11) is 0. The van der Waals surface area contributed by atoms with Crippen LogP contribution in [0.3, 0.4) is 0 Å². The van der Waals surface area contributed by atoms with Gasteiger partial charge in [-0.3, -0.25) is 9.59 Å². The molecular formula is C22H19NO4. The Labute approximate surface area is 156 Å². The van der Waals surface area contributed by atoms with Gasteiger partial charge in [0, 0.05) is 11.6 Å². The van der Waals surface area contributed by atoms with Crippen molar-refractivity contribution < 1.29 is 19.8 Å². The fourth-order valence-electron chi connectivity index (χ4n) is 2.83. The van der Waals surface area contributed by atoms with Crippen molar-refractivity contribution in [2.45, 2.75) is 12.8 Å². The number of aromatic hydroxyl groups is 2. The molecule has 5 nitrogen and oxygen atoms in total. The second-order valence-electron chi connectivity index (χ2n) is 6.13. The molecule has 3 N–H and O–H groups in total. The first-order valence-electron chi connectivity index (χ1n) is 8.54. The number of rotatable bonds is 6. The fourth-order valence-corrected chi connectivity index (χ4v) is 2.83. The number of amides is 1. The summed E-state index contributed by atoms with van der Waals surface area (Å²) in [4.78, 5) is 24.6. The number of hydrogen-bond donors (Lipinski definition) is 3. The summed E-state index contributed by atoms with van der Waals surface area (Å²) in [5, 5.41) is 22.5. The van der Waals surface area contributed by atoms with E-state index in [1.54, 1.807) is 30.3 Å². The Kier molecular flexibility index (Phi) is 5.52. The van der Waals surface area contributed by atoms with Crippen molar-refractivity contribution in [3.63, 3.8) is 0 Å². The van der Waals surface area contributed by atoms with Crippen molar-refractivity contribution in [1.82, 2.24) is 0 Å². The molecule has 0 aromatic heterocycles. The SMILES string of the molecule is O=C(Nc1c(O)cc(O)cc1CCc1ccccc1)C(=O)c1ccccc1. The summed E-state index contributed by atoms with van der Waals surface area (Å²) in [6.07, 6.45) is 1.13. The van der Waals surface area contributed by atoms with E-state index in [9.17, 15) is 19.8 Å². The summed E-state index contributed by atoms with van der Waals surface area (Å²) in [5.74, 6) is -1.93. The summed E-state index contributed by atoms with van der Waals surface area (Å²) >= 11 is 0. The molecule has 0 bridgehead atoms. The van der Waals surface area contributed by atoms with E-state index in [4.69, 9.17) is 0 Å². The van der Waals surface area contributed by atoms with Gasteiger partial charge in [0.05, 0.1) is 5.69 Å². The largest absolute Gasteiger partial charge is 0.508 e. The normalized spacial score (nSPS) is 10.4. The highest BCUT2D eigenvalue weighted by Gasteiger charge is 2.20. The van der Waals surface area contributed by atoms with Gasteiger partial charge in [-0.2, -0.15) is 0 Å². The summed E-state index contributed by atoms with van der Waals surface area (Å²) < 4.78 is 0. The zero-order chi connectivity index (χ0) is 19.2. The Morgan fingerprint density at radius 2 is 1.44 bits per heavy atom. The molecule has 5 heteroatoms. The number of ketones is 1. The quantitative estimate of drug-likeness (QED) is 0.270. The fraction of sp³-hybridized carbons (Fsp3) is 0.0909. The molecule has 0 unspecified atom stereocenters. The van der Waals surface area contributed by atoms with Crippen LogP contribution in [0.1, 0.15) is 21.5 Å². The lowest BCUT2D eigenvalue weighted by Crippen LogP contribution is -2.23. The first-order valence-corrected chi connectivity index (χ1v) is 8.54. The van der Waals surface area contributed by atoms with E-state index in [0.717, 1.165) is 11.6 Å². The number of carbonyl (C=O) groups excluding carboxylic acids is 2. The molecule has 0 aliphatic carbocycles. The van der Waals surface area contributed by atoms with Gasteiger partial charge in [-0.15, -0.1) is 0 Å². The standard InChI is InChI=1S/C22H19NO4/c24-18-13-17(12-11-15-7-3-1-4-8-15)20(19(25)14-18)23-22(27)21(26)16-9-5-2-6-10-16/h1-10,13-14,24-25H,11-12H2,(H,23,27). The van der Waals surface area contributed by atoms with E-state index in [2.05, 4.69) is 5.32 Å². The van der Waals surface area contributed by atoms with Gasteiger partial charge < -0.3 is 15.5 Å². The van der Waals surface area contributed by atoms with Crippen LogP contribution >= 0.6 is 0 Å². The van der Waals surface area contributed by atoms with Crippen molar-refractivity contribution in [3.8, 4) is 11.5 Å². The molecule has 3 aromatic carbocycles. The van der Waals surface area contributed by atoms with E-state index >= 15 is 0 Å². The Morgan fingerprint density at radius 1 is 0.815 bits per heavy atom. The third-order valence-electron chi connectivity index (χ3n) is 4.19. The highest BCUT2D eigenvalue weighted by molar-refractivity contribution is 6.46. The number of Topliss-reactive ketones (excluding diaryl/α,β-unsaturated/α-hetero) is 1. The molecule has 0 spiro atoms. The first-order chi connectivity index (χ1) is 13.0. The van der Waals surface area contributed by atoms with Crippen LogP contribution in [0.4, 0.5) is 5.69 Å². The highest BCUT2D eigenvalue weighted by atomic mass is 16.3. The summed E-state index contributed by atoms with van der Waals surface area (Å²) in [6.45, 7) is 0. The zero-order valence-corrected chi connectivity index (χ0v) is 14.6. The van der Waals surface area contributed by atoms with Gasteiger partial charge in [0.2, 0.25) is 0 Å². The Hall–Kier alpha value is -3.60. The van der Waals surface area contributed by atoms with E-state index in [-0.39, 0.29) is 22.7 Å². The van der Waals surface area contributed by atoms with Gasteiger partial charge in [0.25, 0.3) is 11.7 Å². The molecule has 0 aliphatic rings. The number of nitrogens with one attached hydrogen (secondary N) is 1. The van der Waals surface area contributed by atoms with Crippen molar-refractivity contribution >= 4 is 17.4 Å². The number of benzene rings is 3. The maximum absolute atomic E-state index is 12.3. The van der Waals surface area contributed by atoms with Crippen LogP contribution in [0.2, 0.25) is 0 Å². The maximum atomic E-state index is 12.3. The molecule has 27 heavy (non-hydrogen) atoms. The second kappa shape index (κ2) is 8.19. The maximum Gasteiger partial charge on any atom is 0.296 e. The van der Waals surface area contributed by atoms with Crippen molar-refractivity contribution in [2.75, 3.05) is 5.32 Å². The first kappa shape index (κ1) is 18.2. The molecule has 0 aliphatic heterocycles. The van der Waals surface area contributed by atoms with Crippen LogP contribution in [0.15, 0.2) is 72.8 Å². The molecule has 0 fully saturated rings. The van der Waals surface area contributed by atoms with E-state index in [1.807, 2.05) is 30.3 Å². The lowest BCUT2D eigenvalue weighted by atomic mass is 10.0. The average Bonchev–Trinajstić information content (AvgIpc) is 2.69. The van der Waals surface area contributed by atoms with Gasteiger partial charge in [-0.05, 0) is 30.0 Å². The number of hydrogen-bond acceptors (Lipinski definition) is 4. The summed E-state index contributed by atoms with van der Waals surface area (Å²) in [6, 6.07) is 20.5. The monoisotopic (exact) mass is 361 g/mol. The molecule has 0 heterocycles.